The number of fused-ring (bicyclic) bond motifs is 1. The summed E-state index contributed by atoms with van der Waals surface area (Å²) in [6.07, 6.45) is 2.88. The lowest BCUT2D eigenvalue weighted by Gasteiger charge is -2.33. The van der Waals surface area contributed by atoms with E-state index in [9.17, 15) is 9.90 Å². The van der Waals surface area contributed by atoms with Crippen molar-refractivity contribution in [1.29, 1.82) is 0 Å². The summed E-state index contributed by atoms with van der Waals surface area (Å²) in [5, 5.41) is 21.0. The van der Waals surface area contributed by atoms with E-state index >= 15 is 0 Å². The number of benzene rings is 1. The maximum absolute atomic E-state index is 12.6. The number of carbonyl (C=O) groups excluding carboxylic acids is 1. The number of nitrogens with zero attached hydrogens (tertiary/aromatic N) is 2. The van der Waals surface area contributed by atoms with Gasteiger partial charge in [0, 0.05) is 16.8 Å². The average Bonchev–Trinajstić information content (AvgIpc) is 3.02. The van der Waals surface area contributed by atoms with Gasteiger partial charge in [-0.1, -0.05) is 32.9 Å². The second kappa shape index (κ2) is 6.94. The lowest BCUT2D eigenvalue weighted by atomic mass is 9.71. The van der Waals surface area contributed by atoms with Gasteiger partial charge in [-0.15, -0.1) is 0 Å². The molecule has 1 heterocycles. The quantitative estimate of drug-likeness (QED) is 0.583. The minimum absolute atomic E-state index is 0.165. The Morgan fingerprint density at radius 1 is 1.38 bits per heavy atom. The minimum Gasteiger partial charge on any atom is -0.508 e. The van der Waals surface area contributed by atoms with Gasteiger partial charge in [0.15, 0.2) is 5.69 Å². The van der Waals surface area contributed by atoms with Gasteiger partial charge in [0.1, 0.15) is 5.75 Å². The molecule has 3 N–H and O–H groups in total. The normalized spacial score (nSPS) is 17.7. The number of hydrazone groups is 1. The van der Waals surface area contributed by atoms with Gasteiger partial charge in [0.25, 0.3) is 5.91 Å². The first kappa shape index (κ1) is 18.2. The number of aromatic nitrogens is 2. The number of aryl methyl sites for hydroxylation is 1. The number of amides is 1. The fourth-order valence-corrected chi connectivity index (χ4v) is 3.41. The van der Waals surface area contributed by atoms with Crippen LogP contribution in [-0.4, -0.2) is 26.9 Å². The van der Waals surface area contributed by atoms with Crippen LogP contribution in [0.4, 0.5) is 0 Å². The lowest BCUT2D eigenvalue weighted by Crippen LogP contribution is -2.28. The van der Waals surface area contributed by atoms with Crippen molar-refractivity contribution in [2.24, 2.45) is 16.4 Å². The number of hydrogen-bond donors (Lipinski definition) is 3. The van der Waals surface area contributed by atoms with Gasteiger partial charge in [-0.25, -0.2) is 5.43 Å². The Bertz CT molecular complexity index is 846. The molecule has 6 heteroatoms. The Morgan fingerprint density at radius 3 is 2.85 bits per heavy atom. The molecule has 3 rings (SSSR count). The highest BCUT2D eigenvalue weighted by Crippen LogP contribution is 2.37. The molecule has 0 aliphatic heterocycles. The van der Waals surface area contributed by atoms with E-state index in [1.807, 2.05) is 6.07 Å². The van der Waals surface area contributed by atoms with Crippen molar-refractivity contribution in [2.45, 2.75) is 47.0 Å². The maximum atomic E-state index is 12.6. The summed E-state index contributed by atoms with van der Waals surface area (Å²) >= 11 is 0. The molecule has 1 aliphatic carbocycles. The molecule has 0 bridgehead atoms. The second-order valence-electron chi connectivity index (χ2n) is 8.02. The molecular weight excluding hydrogens is 328 g/mol. The van der Waals surface area contributed by atoms with Crippen molar-refractivity contribution in [1.82, 2.24) is 15.6 Å². The molecule has 0 saturated carbocycles. The summed E-state index contributed by atoms with van der Waals surface area (Å²) in [5.41, 5.74) is 6.67. The number of aromatic hydroxyl groups is 1. The average molecular weight is 354 g/mol. The van der Waals surface area contributed by atoms with Gasteiger partial charge >= 0.3 is 0 Å². The zero-order chi connectivity index (χ0) is 18.9. The molecule has 2 aromatic rings. The largest absolute Gasteiger partial charge is 0.508 e. The maximum Gasteiger partial charge on any atom is 0.292 e. The van der Waals surface area contributed by atoms with Crippen molar-refractivity contribution in [3.05, 3.63) is 46.8 Å². The molecule has 1 aliphatic rings. The van der Waals surface area contributed by atoms with E-state index in [1.165, 1.54) is 0 Å². The highest BCUT2D eigenvalue weighted by atomic mass is 16.3. The third kappa shape index (κ3) is 3.79. The summed E-state index contributed by atoms with van der Waals surface area (Å²) < 4.78 is 0. The van der Waals surface area contributed by atoms with Crippen LogP contribution in [0.15, 0.2) is 29.4 Å². The fourth-order valence-electron chi connectivity index (χ4n) is 3.41. The van der Waals surface area contributed by atoms with Crippen molar-refractivity contribution in [3.8, 4) is 5.75 Å². The predicted octanol–water partition coefficient (Wildman–Crippen LogP) is 3.42. The summed E-state index contributed by atoms with van der Waals surface area (Å²) in [6.45, 7) is 8.51. The summed E-state index contributed by atoms with van der Waals surface area (Å²) in [6, 6.07) is 6.77. The monoisotopic (exact) mass is 354 g/mol. The molecule has 1 aromatic heterocycles. The molecule has 0 saturated heterocycles. The van der Waals surface area contributed by atoms with Crippen LogP contribution in [0.25, 0.3) is 0 Å². The van der Waals surface area contributed by atoms with Crippen LogP contribution < -0.4 is 5.43 Å². The Hall–Kier alpha value is -2.63. The SMILES string of the molecule is C/C(=N\NC(=O)c1n[nH]c2c1CC(C(C)(C)C)CC2)c1cccc(O)c1. The van der Waals surface area contributed by atoms with Crippen LogP contribution >= 0.6 is 0 Å². The van der Waals surface area contributed by atoms with Gasteiger partial charge in [0.2, 0.25) is 0 Å². The van der Waals surface area contributed by atoms with Gasteiger partial charge < -0.3 is 5.11 Å². The number of hydrogen-bond acceptors (Lipinski definition) is 4. The van der Waals surface area contributed by atoms with Crippen LogP contribution in [-0.2, 0) is 12.8 Å². The highest BCUT2D eigenvalue weighted by Gasteiger charge is 2.32. The minimum atomic E-state index is -0.309. The van der Waals surface area contributed by atoms with Gasteiger partial charge in [-0.2, -0.15) is 10.2 Å². The Kier molecular flexibility index (Phi) is 4.85. The molecule has 138 valence electrons. The Labute approximate surface area is 153 Å². The van der Waals surface area contributed by atoms with Crippen molar-refractivity contribution in [2.75, 3.05) is 0 Å². The molecule has 0 fully saturated rings. The predicted molar refractivity (Wildman–Crippen MR) is 101 cm³/mol. The van der Waals surface area contributed by atoms with E-state index in [1.54, 1.807) is 25.1 Å². The summed E-state index contributed by atoms with van der Waals surface area (Å²) in [5.74, 6) is 0.381. The summed E-state index contributed by atoms with van der Waals surface area (Å²) in [4.78, 5) is 12.6. The number of nitrogens with one attached hydrogen (secondary N) is 2. The highest BCUT2D eigenvalue weighted by molar-refractivity contribution is 6.01. The van der Waals surface area contributed by atoms with Crippen LogP contribution in [0, 0.1) is 11.3 Å². The van der Waals surface area contributed by atoms with Crippen LogP contribution in [0.2, 0.25) is 0 Å². The Balaban J connectivity index is 1.76. The van der Waals surface area contributed by atoms with Gasteiger partial charge in [-0.05, 0) is 49.7 Å². The number of carbonyl (C=O) groups is 1. The number of H-pyrrole nitrogens is 1. The first-order valence-corrected chi connectivity index (χ1v) is 8.96. The van der Waals surface area contributed by atoms with E-state index in [-0.39, 0.29) is 17.1 Å². The third-order valence-electron chi connectivity index (χ3n) is 5.18. The molecule has 1 aromatic carbocycles. The van der Waals surface area contributed by atoms with Crippen LogP contribution in [0.1, 0.15) is 61.4 Å². The van der Waals surface area contributed by atoms with Crippen molar-refractivity contribution in [3.63, 3.8) is 0 Å². The third-order valence-corrected chi connectivity index (χ3v) is 5.18. The zero-order valence-corrected chi connectivity index (χ0v) is 15.8. The van der Waals surface area contributed by atoms with E-state index < -0.39 is 0 Å². The van der Waals surface area contributed by atoms with Crippen LogP contribution in [0.3, 0.4) is 0 Å². The van der Waals surface area contributed by atoms with Gasteiger partial charge in [-0.3, -0.25) is 9.89 Å². The smallest absolute Gasteiger partial charge is 0.292 e. The molecule has 6 nitrogen and oxygen atoms in total. The van der Waals surface area contributed by atoms with Gasteiger partial charge in [0.05, 0.1) is 5.71 Å². The first-order chi connectivity index (χ1) is 12.3. The zero-order valence-electron chi connectivity index (χ0n) is 15.8. The molecule has 0 radical (unpaired) electrons. The Morgan fingerprint density at radius 2 is 2.15 bits per heavy atom. The number of rotatable bonds is 3. The van der Waals surface area contributed by atoms with E-state index in [0.29, 0.717) is 17.3 Å². The fraction of sp³-hybridized carbons (Fsp3) is 0.450. The molecule has 1 amide bonds. The topological polar surface area (TPSA) is 90.4 Å². The van der Waals surface area contributed by atoms with Crippen molar-refractivity contribution >= 4 is 11.6 Å². The number of phenolic OH excluding ortho intramolecular Hbond substituents is 1. The standard InChI is InChI=1S/C20H26N4O2/c1-12(13-6-5-7-15(25)10-13)21-24-19(26)18-16-11-14(20(2,3)4)8-9-17(16)22-23-18/h5-7,10,14,25H,8-9,11H2,1-4H3,(H,22,23)(H,24,26)/b21-12+. The molecule has 1 unspecified atom stereocenters. The molecule has 0 spiro atoms. The molecule has 26 heavy (non-hydrogen) atoms. The van der Waals surface area contributed by atoms with E-state index in [2.05, 4.69) is 41.5 Å². The molecule has 1 atom stereocenters. The van der Waals surface area contributed by atoms with Crippen molar-refractivity contribution < 1.29 is 9.90 Å². The second-order valence-corrected chi connectivity index (χ2v) is 8.02. The van der Waals surface area contributed by atoms with Crippen LogP contribution in [0.5, 0.6) is 5.75 Å². The number of aromatic amines is 1. The van der Waals surface area contributed by atoms with E-state index in [0.717, 1.165) is 36.1 Å². The first-order valence-electron chi connectivity index (χ1n) is 8.96. The summed E-state index contributed by atoms with van der Waals surface area (Å²) in [7, 11) is 0. The molecular formula is C20H26N4O2. The number of phenols is 1. The van der Waals surface area contributed by atoms with E-state index in [4.69, 9.17) is 0 Å². The lowest BCUT2D eigenvalue weighted by molar-refractivity contribution is 0.0947.